The van der Waals surface area contributed by atoms with Crippen LogP contribution in [0.5, 0.6) is 0 Å². The van der Waals surface area contributed by atoms with Crippen molar-refractivity contribution in [2.24, 2.45) is 0 Å². The van der Waals surface area contributed by atoms with Gasteiger partial charge >= 0.3 is 0 Å². The number of anilines is 1. The van der Waals surface area contributed by atoms with Crippen molar-refractivity contribution >= 4 is 39.1 Å². The highest BCUT2D eigenvalue weighted by Crippen LogP contribution is 2.30. The van der Waals surface area contributed by atoms with Gasteiger partial charge in [-0.15, -0.1) is 0 Å². The third-order valence-corrected chi connectivity index (χ3v) is 8.31. The highest BCUT2D eigenvalue weighted by atomic mass is 35.5. The van der Waals surface area contributed by atoms with Gasteiger partial charge in [0.1, 0.15) is 12.6 Å². The van der Waals surface area contributed by atoms with Gasteiger partial charge in [-0.2, -0.15) is 0 Å². The number of sulfonamides is 1. The molecule has 0 heterocycles. The zero-order chi connectivity index (χ0) is 28.7. The Balaban J connectivity index is 2.10. The van der Waals surface area contributed by atoms with Crippen LogP contribution in [0.3, 0.4) is 0 Å². The first kappa shape index (κ1) is 30.2. The van der Waals surface area contributed by atoms with Gasteiger partial charge in [0.05, 0.1) is 10.6 Å². The summed E-state index contributed by atoms with van der Waals surface area (Å²) in [6.45, 7) is 8.91. The van der Waals surface area contributed by atoms with Crippen molar-refractivity contribution in [3.8, 4) is 0 Å². The van der Waals surface area contributed by atoms with E-state index in [1.807, 2.05) is 52.0 Å². The van der Waals surface area contributed by atoms with Gasteiger partial charge in [0.2, 0.25) is 11.8 Å². The lowest BCUT2D eigenvalue weighted by atomic mass is 10.1. The van der Waals surface area contributed by atoms with Crippen molar-refractivity contribution in [3.05, 3.63) is 94.5 Å². The molecule has 0 saturated carbocycles. The first-order valence-corrected chi connectivity index (χ1v) is 14.7. The molecule has 2 amide bonds. The number of benzene rings is 3. The van der Waals surface area contributed by atoms with Gasteiger partial charge in [0.15, 0.2) is 0 Å². The summed E-state index contributed by atoms with van der Waals surface area (Å²) in [6, 6.07) is 19.7. The Morgan fingerprint density at radius 2 is 1.64 bits per heavy atom. The van der Waals surface area contributed by atoms with E-state index in [9.17, 15) is 18.0 Å². The van der Waals surface area contributed by atoms with Crippen LogP contribution >= 0.6 is 11.6 Å². The van der Waals surface area contributed by atoms with Crippen molar-refractivity contribution in [1.29, 1.82) is 0 Å². The minimum Gasteiger partial charge on any atom is -0.352 e. The number of hydrogen-bond donors (Lipinski definition) is 1. The number of nitrogens with one attached hydrogen (secondary N) is 1. The van der Waals surface area contributed by atoms with E-state index in [1.54, 1.807) is 43.3 Å². The van der Waals surface area contributed by atoms with E-state index in [1.165, 1.54) is 17.0 Å². The predicted molar refractivity (Wildman–Crippen MR) is 156 cm³/mol. The monoisotopic (exact) mass is 569 g/mol. The molecule has 0 aliphatic carbocycles. The van der Waals surface area contributed by atoms with Gasteiger partial charge in [0, 0.05) is 17.6 Å². The molecule has 9 heteroatoms. The Bertz CT molecular complexity index is 1410. The molecule has 3 aromatic rings. The van der Waals surface area contributed by atoms with Crippen LogP contribution < -0.4 is 9.62 Å². The Morgan fingerprint density at radius 3 is 2.26 bits per heavy atom. The maximum absolute atomic E-state index is 14.1. The second-order valence-electron chi connectivity index (χ2n) is 9.85. The van der Waals surface area contributed by atoms with Crippen LogP contribution in [0.1, 0.15) is 43.9 Å². The van der Waals surface area contributed by atoms with Crippen molar-refractivity contribution in [2.45, 2.75) is 64.6 Å². The summed E-state index contributed by atoms with van der Waals surface area (Å²) >= 11 is 6.27. The van der Waals surface area contributed by atoms with Crippen LogP contribution in [0.2, 0.25) is 5.02 Å². The average molecular weight is 570 g/mol. The molecule has 3 aromatic carbocycles. The Hall–Kier alpha value is -3.36. The summed E-state index contributed by atoms with van der Waals surface area (Å²) in [7, 11) is -4.15. The molecule has 1 N–H and O–H groups in total. The molecule has 39 heavy (non-hydrogen) atoms. The number of carbonyl (C=O) groups excluding carboxylic acids is 2. The molecular weight excluding hydrogens is 534 g/mol. The van der Waals surface area contributed by atoms with Crippen LogP contribution in [0, 0.1) is 13.8 Å². The number of aryl methyl sites for hydroxylation is 2. The Morgan fingerprint density at radius 1 is 0.949 bits per heavy atom. The molecule has 0 spiro atoms. The van der Waals surface area contributed by atoms with Crippen LogP contribution in [-0.4, -0.2) is 43.8 Å². The first-order valence-electron chi connectivity index (χ1n) is 12.9. The third-order valence-electron chi connectivity index (χ3n) is 6.30. The first-order chi connectivity index (χ1) is 18.4. The summed E-state index contributed by atoms with van der Waals surface area (Å²) in [5.41, 5.74) is 2.80. The fourth-order valence-corrected chi connectivity index (χ4v) is 6.05. The zero-order valence-electron chi connectivity index (χ0n) is 23.0. The van der Waals surface area contributed by atoms with Gasteiger partial charge < -0.3 is 10.2 Å². The number of hydrogen-bond acceptors (Lipinski definition) is 4. The number of carbonyl (C=O) groups is 2. The van der Waals surface area contributed by atoms with Gasteiger partial charge in [0.25, 0.3) is 10.0 Å². The summed E-state index contributed by atoms with van der Waals surface area (Å²) < 4.78 is 28.9. The van der Waals surface area contributed by atoms with Crippen molar-refractivity contribution in [1.82, 2.24) is 10.2 Å². The molecule has 208 valence electrons. The highest BCUT2D eigenvalue weighted by molar-refractivity contribution is 7.92. The molecule has 0 bridgehead atoms. The molecule has 0 unspecified atom stereocenters. The smallest absolute Gasteiger partial charge is 0.264 e. The molecule has 7 nitrogen and oxygen atoms in total. The lowest BCUT2D eigenvalue weighted by molar-refractivity contribution is -0.140. The lowest BCUT2D eigenvalue weighted by Gasteiger charge is -2.34. The normalized spacial score (nSPS) is 12.2. The second kappa shape index (κ2) is 13.1. The van der Waals surface area contributed by atoms with Crippen LogP contribution in [0.25, 0.3) is 0 Å². The maximum atomic E-state index is 14.1. The fourth-order valence-electron chi connectivity index (χ4n) is 4.39. The number of rotatable bonds is 11. The molecule has 0 radical (unpaired) electrons. The quantitative estimate of drug-likeness (QED) is 0.331. The summed E-state index contributed by atoms with van der Waals surface area (Å²) in [4.78, 5) is 28.8. The molecular formula is C30H36ClN3O4S. The van der Waals surface area contributed by atoms with Gasteiger partial charge in [-0.3, -0.25) is 13.9 Å². The lowest BCUT2D eigenvalue weighted by Crippen LogP contribution is -2.53. The van der Waals surface area contributed by atoms with E-state index < -0.39 is 28.5 Å². The van der Waals surface area contributed by atoms with Crippen molar-refractivity contribution in [2.75, 3.05) is 10.8 Å². The standard InChI is InChI=1S/C30H36ClN3O4S/c1-6-27(30(36)32-21(2)3)33(19-24-12-10-11-22(4)17-24)29(35)20-34(28-18-25(31)16-15-23(28)5)39(37,38)26-13-8-7-9-14-26/h7-18,21,27H,6,19-20H2,1-5H3,(H,32,36)/t27-/m0/s1. The number of amides is 2. The second-order valence-corrected chi connectivity index (χ2v) is 12.2. The average Bonchev–Trinajstić information content (AvgIpc) is 2.88. The fraction of sp³-hybridized carbons (Fsp3) is 0.333. The molecule has 0 aliphatic heterocycles. The van der Waals surface area contributed by atoms with Gasteiger partial charge in [-0.05, 0) is 69.5 Å². The number of halogens is 1. The molecule has 0 aromatic heterocycles. The zero-order valence-corrected chi connectivity index (χ0v) is 24.6. The molecule has 0 saturated heterocycles. The van der Waals surface area contributed by atoms with Crippen LogP contribution in [0.4, 0.5) is 5.69 Å². The molecule has 1 atom stereocenters. The van der Waals surface area contributed by atoms with E-state index in [4.69, 9.17) is 11.6 Å². The Kier molecular flexibility index (Phi) is 10.2. The van der Waals surface area contributed by atoms with Crippen molar-refractivity contribution in [3.63, 3.8) is 0 Å². The van der Waals surface area contributed by atoms with Crippen LogP contribution in [-0.2, 0) is 26.2 Å². The minimum atomic E-state index is -4.15. The largest absolute Gasteiger partial charge is 0.352 e. The van der Waals surface area contributed by atoms with Crippen LogP contribution in [0.15, 0.2) is 77.7 Å². The molecule has 3 rings (SSSR count). The third kappa shape index (κ3) is 7.61. The summed E-state index contributed by atoms with van der Waals surface area (Å²) in [6.07, 6.45) is 0.359. The van der Waals surface area contributed by atoms with E-state index in [2.05, 4.69) is 5.32 Å². The van der Waals surface area contributed by atoms with Gasteiger partial charge in [-0.1, -0.05) is 72.6 Å². The van der Waals surface area contributed by atoms with E-state index in [-0.39, 0.29) is 23.4 Å². The summed E-state index contributed by atoms with van der Waals surface area (Å²) in [5, 5.41) is 3.25. The van der Waals surface area contributed by atoms with Gasteiger partial charge in [-0.25, -0.2) is 8.42 Å². The molecule has 0 fully saturated rings. The SMILES string of the molecule is CC[C@@H](C(=O)NC(C)C)N(Cc1cccc(C)c1)C(=O)CN(c1cc(Cl)ccc1C)S(=O)(=O)c1ccccc1. The maximum Gasteiger partial charge on any atom is 0.264 e. The highest BCUT2D eigenvalue weighted by Gasteiger charge is 2.34. The van der Waals surface area contributed by atoms with E-state index >= 15 is 0 Å². The van der Waals surface area contributed by atoms with Crippen molar-refractivity contribution < 1.29 is 18.0 Å². The molecule has 0 aliphatic rings. The van der Waals surface area contributed by atoms with E-state index in [0.29, 0.717) is 22.7 Å². The minimum absolute atomic E-state index is 0.0482. The predicted octanol–water partition coefficient (Wildman–Crippen LogP) is 5.48. The van der Waals surface area contributed by atoms with E-state index in [0.717, 1.165) is 15.4 Å². The number of nitrogens with zero attached hydrogens (tertiary/aromatic N) is 2. The Labute approximate surface area is 236 Å². The topological polar surface area (TPSA) is 86.8 Å². The summed E-state index contributed by atoms with van der Waals surface area (Å²) in [5.74, 6) is -0.786.